The van der Waals surface area contributed by atoms with Crippen LogP contribution in [0.3, 0.4) is 0 Å². The van der Waals surface area contributed by atoms with Crippen LogP contribution in [0.5, 0.6) is 5.75 Å². The second-order valence-corrected chi connectivity index (χ2v) is 3.43. The van der Waals surface area contributed by atoms with E-state index in [0.717, 1.165) is 18.7 Å². The van der Waals surface area contributed by atoms with E-state index in [4.69, 9.17) is 10.6 Å². The van der Waals surface area contributed by atoms with Gasteiger partial charge < -0.3 is 10.1 Å². The molecular weight excluding hydrogens is 190 g/mol. The van der Waals surface area contributed by atoms with Crippen molar-refractivity contribution >= 4 is 0 Å². The molecule has 0 saturated carbocycles. The predicted octanol–water partition coefficient (Wildman–Crippen LogP) is 0.557. The number of ether oxygens (including phenoxy) is 1. The highest BCUT2D eigenvalue weighted by atomic mass is 16.5. The summed E-state index contributed by atoms with van der Waals surface area (Å²) in [5.74, 6) is 6.08. The monoisotopic (exact) mass is 209 g/mol. The number of hydrogen-bond donors (Lipinski definition) is 3. The summed E-state index contributed by atoms with van der Waals surface area (Å²) in [4.78, 5) is 0. The topological polar surface area (TPSA) is 59.3 Å². The number of aryl methyl sites for hydroxylation is 1. The van der Waals surface area contributed by atoms with E-state index in [9.17, 15) is 0 Å². The Balaban J connectivity index is 2.45. The molecule has 0 saturated heterocycles. The van der Waals surface area contributed by atoms with Crippen LogP contribution >= 0.6 is 0 Å². The van der Waals surface area contributed by atoms with Crippen LogP contribution in [-0.4, -0.2) is 20.3 Å². The second kappa shape index (κ2) is 6.40. The van der Waals surface area contributed by atoms with E-state index in [1.54, 1.807) is 7.11 Å². The lowest BCUT2D eigenvalue weighted by molar-refractivity contribution is 0.411. The van der Waals surface area contributed by atoms with Crippen LogP contribution in [0.2, 0.25) is 0 Å². The molecule has 0 aliphatic heterocycles. The van der Waals surface area contributed by atoms with Crippen LogP contribution in [0.25, 0.3) is 0 Å². The van der Waals surface area contributed by atoms with Crippen LogP contribution in [0.15, 0.2) is 18.2 Å². The molecule has 15 heavy (non-hydrogen) atoms. The molecular formula is C11H19N3O. The SMILES string of the molecule is COc1ccc(CCNCNN)cc1C. The third-order valence-electron chi connectivity index (χ3n) is 2.28. The average Bonchev–Trinajstić information content (AvgIpc) is 2.25. The van der Waals surface area contributed by atoms with Crippen molar-refractivity contribution in [2.24, 2.45) is 5.84 Å². The van der Waals surface area contributed by atoms with Gasteiger partial charge in [-0.1, -0.05) is 12.1 Å². The van der Waals surface area contributed by atoms with Crippen molar-refractivity contribution in [2.75, 3.05) is 20.3 Å². The first-order valence-electron chi connectivity index (χ1n) is 5.05. The van der Waals surface area contributed by atoms with Crippen molar-refractivity contribution in [3.63, 3.8) is 0 Å². The van der Waals surface area contributed by atoms with Gasteiger partial charge in [0.15, 0.2) is 0 Å². The minimum Gasteiger partial charge on any atom is -0.496 e. The molecule has 0 unspecified atom stereocenters. The lowest BCUT2D eigenvalue weighted by atomic mass is 10.1. The Labute approximate surface area is 90.8 Å². The fourth-order valence-corrected chi connectivity index (χ4v) is 1.49. The Hall–Kier alpha value is -1.10. The van der Waals surface area contributed by atoms with Crippen LogP contribution < -0.4 is 21.3 Å². The Morgan fingerprint density at radius 3 is 2.80 bits per heavy atom. The molecule has 0 heterocycles. The lowest BCUT2D eigenvalue weighted by Crippen LogP contribution is -2.34. The van der Waals surface area contributed by atoms with E-state index >= 15 is 0 Å². The summed E-state index contributed by atoms with van der Waals surface area (Å²) >= 11 is 0. The molecule has 84 valence electrons. The summed E-state index contributed by atoms with van der Waals surface area (Å²) in [6.45, 7) is 3.60. The van der Waals surface area contributed by atoms with Gasteiger partial charge in [0, 0.05) is 6.54 Å². The maximum Gasteiger partial charge on any atom is 0.121 e. The molecule has 0 radical (unpaired) electrons. The van der Waals surface area contributed by atoms with Crippen LogP contribution in [-0.2, 0) is 6.42 Å². The molecule has 4 N–H and O–H groups in total. The van der Waals surface area contributed by atoms with E-state index < -0.39 is 0 Å². The molecule has 1 aromatic rings. The number of nitrogens with one attached hydrogen (secondary N) is 2. The Morgan fingerprint density at radius 1 is 1.40 bits per heavy atom. The third kappa shape index (κ3) is 3.87. The predicted molar refractivity (Wildman–Crippen MR) is 61.6 cm³/mol. The average molecular weight is 209 g/mol. The van der Waals surface area contributed by atoms with Gasteiger partial charge in [0.2, 0.25) is 0 Å². The highest BCUT2D eigenvalue weighted by Gasteiger charge is 1.99. The Kier molecular flexibility index (Phi) is 5.10. The quantitative estimate of drug-likeness (QED) is 0.277. The van der Waals surface area contributed by atoms with Crippen molar-refractivity contribution in [1.29, 1.82) is 0 Å². The van der Waals surface area contributed by atoms with E-state index in [2.05, 4.69) is 29.8 Å². The second-order valence-electron chi connectivity index (χ2n) is 3.43. The number of nitrogens with two attached hydrogens (primary N) is 1. The van der Waals surface area contributed by atoms with Gasteiger partial charge in [-0.25, -0.2) is 5.43 Å². The molecule has 4 heteroatoms. The van der Waals surface area contributed by atoms with Crippen LogP contribution in [0.4, 0.5) is 0 Å². The van der Waals surface area contributed by atoms with Crippen LogP contribution in [0, 0.1) is 6.92 Å². The van der Waals surface area contributed by atoms with E-state index in [-0.39, 0.29) is 0 Å². The number of hydrogen-bond acceptors (Lipinski definition) is 4. The number of rotatable bonds is 6. The Bertz CT molecular complexity index is 302. The molecule has 0 spiro atoms. The molecule has 0 aliphatic rings. The van der Waals surface area contributed by atoms with Gasteiger partial charge in [-0.15, -0.1) is 0 Å². The smallest absolute Gasteiger partial charge is 0.121 e. The van der Waals surface area contributed by atoms with Gasteiger partial charge in [-0.05, 0) is 30.5 Å². The summed E-state index contributed by atoms with van der Waals surface area (Å²) in [6, 6.07) is 6.24. The van der Waals surface area contributed by atoms with Gasteiger partial charge in [-0.3, -0.25) is 5.84 Å². The maximum atomic E-state index is 5.20. The summed E-state index contributed by atoms with van der Waals surface area (Å²) in [5, 5.41) is 3.16. The summed E-state index contributed by atoms with van der Waals surface area (Å²) in [6.07, 6.45) is 0.993. The summed E-state index contributed by atoms with van der Waals surface area (Å²) in [5.41, 5.74) is 5.03. The molecule has 0 aliphatic carbocycles. The van der Waals surface area contributed by atoms with Crippen molar-refractivity contribution < 1.29 is 4.74 Å². The van der Waals surface area contributed by atoms with Crippen molar-refractivity contribution in [3.8, 4) is 5.75 Å². The first kappa shape index (κ1) is 12.0. The normalized spacial score (nSPS) is 10.3. The van der Waals surface area contributed by atoms with Gasteiger partial charge in [0.1, 0.15) is 5.75 Å². The molecule has 0 amide bonds. The highest BCUT2D eigenvalue weighted by molar-refractivity contribution is 5.36. The largest absolute Gasteiger partial charge is 0.496 e. The van der Waals surface area contributed by atoms with E-state index in [1.807, 2.05) is 6.07 Å². The van der Waals surface area contributed by atoms with Crippen molar-refractivity contribution in [3.05, 3.63) is 29.3 Å². The van der Waals surface area contributed by atoms with Crippen LogP contribution in [0.1, 0.15) is 11.1 Å². The molecule has 0 bridgehead atoms. The molecule has 1 aromatic carbocycles. The Morgan fingerprint density at radius 2 is 2.20 bits per heavy atom. The standard InChI is InChI=1S/C11H19N3O/c1-9-7-10(3-4-11(9)15-2)5-6-13-8-14-12/h3-4,7,13-14H,5-6,8,12H2,1-2H3. The lowest BCUT2D eigenvalue weighted by Gasteiger charge is -2.08. The first-order valence-corrected chi connectivity index (χ1v) is 5.05. The van der Waals surface area contributed by atoms with E-state index in [1.165, 1.54) is 11.1 Å². The molecule has 0 atom stereocenters. The van der Waals surface area contributed by atoms with Crippen molar-refractivity contribution in [1.82, 2.24) is 10.7 Å². The van der Waals surface area contributed by atoms with E-state index in [0.29, 0.717) is 6.67 Å². The fraction of sp³-hybridized carbons (Fsp3) is 0.455. The van der Waals surface area contributed by atoms with Gasteiger partial charge in [0.05, 0.1) is 13.8 Å². The molecule has 0 fully saturated rings. The van der Waals surface area contributed by atoms with Gasteiger partial charge in [-0.2, -0.15) is 0 Å². The zero-order valence-corrected chi connectivity index (χ0v) is 9.34. The fourth-order valence-electron chi connectivity index (χ4n) is 1.49. The van der Waals surface area contributed by atoms with Gasteiger partial charge >= 0.3 is 0 Å². The minimum absolute atomic E-state index is 0.634. The molecule has 1 rings (SSSR count). The minimum atomic E-state index is 0.634. The summed E-state index contributed by atoms with van der Waals surface area (Å²) in [7, 11) is 1.69. The highest BCUT2D eigenvalue weighted by Crippen LogP contribution is 2.18. The zero-order valence-electron chi connectivity index (χ0n) is 9.34. The zero-order chi connectivity index (χ0) is 11.1. The third-order valence-corrected chi connectivity index (χ3v) is 2.28. The molecule has 0 aromatic heterocycles. The number of benzene rings is 1. The number of methoxy groups -OCH3 is 1. The molecule has 4 nitrogen and oxygen atoms in total. The maximum absolute atomic E-state index is 5.20. The first-order chi connectivity index (χ1) is 7.27. The number of hydrazine groups is 1. The van der Waals surface area contributed by atoms with Gasteiger partial charge in [0.25, 0.3) is 0 Å². The van der Waals surface area contributed by atoms with Crippen molar-refractivity contribution in [2.45, 2.75) is 13.3 Å². The summed E-state index contributed by atoms with van der Waals surface area (Å²) < 4.78 is 5.20.